The molecule has 7 heteroatoms. The number of aryl methyl sites for hydroxylation is 1. The molecule has 7 nitrogen and oxygen atoms in total. The Morgan fingerprint density at radius 1 is 1.10 bits per heavy atom. The molecule has 0 unspecified atom stereocenters. The Morgan fingerprint density at radius 2 is 1.77 bits per heavy atom. The summed E-state index contributed by atoms with van der Waals surface area (Å²) in [5.74, 6) is -0.522. The zero-order valence-electron chi connectivity index (χ0n) is 17.8. The predicted molar refractivity (Wildman–Crippen MR) is 116 cm³/mol. The lowest BCUT2D eigenvalue weighted by molar-refractivity contribution is -0.385. The van der Waals surface area contributed by atoms with Crippen LogP contribution in [0.25, 0.3) is 0 Å². The highest BCUT2D eigenvalue weighted by atomic mass is 16.6. The maximum absolute atomic E-state index is 13.3. The molecule has 0 aliphatic heterocycles. The van der Waals surface area contributed by atoms with E-state index in [0.29, 0.717) is 18.5 Å². The van der Waals surface area contributed by atoms with Crippen LogP contribution in [0.3, 0.4) is 0 Å². The van der Waals surface area contributed by atoms with Gasteiger partial charge in [0.15, 0.2) is 0 Å². The number of nitro benzene ring substituents is 1. The van der Waals surface area contributed by atoms with Crippen molar-refractivity contribution in [1.29, 1.82) is 0 Å². The van der Waals surface area contributed by atoms with Gasteiger partial charge in [0.25, 0.3) is 5.69 Å². The molecule has 0 aliphatic carbocycles. The maximum Gasteiger partial charge on any atom is 0.273 e. The third kappa shape index (κ3) is 6.14. The minimum atomic E-state index is -0.645. The van der Waals surface area contributed by atoms with Crippen molar-refractivity contribution in [2.24, 2.45) is 0 Å². The lowest BCUT2D eigenvalue weighted by Crippen LogP contribution is -2.49. The molecule has 0 aromatic heterocycles. The molecule has 0 fully saturated rings. The molecule has 2 rings (SSSR count). The van der Waals surface area contributed by atoms with Crippen LogP contribution in [0.4, 0.5) is 5.69 Å². The van der Waals surface area contributed by atoms with Crippen LogP contribution >= 0.6 is 0 Å². The van der Waals surface area contributed by atoms with Crippen molar-refractivity contribution in [1.82, 2.24) is 10.2 Å². The average molecular weight is 412 g/mol. The van der Waals surface area contributed by atoms with Gasteiger partial charge in [0.1, 0.15) is 6.04 Å². The van der Waals surface area contributed by atoms with Crippen molar-refractivity contribution in [3.63, 3.8) is 0 Å². The largest absolute Gasteiger partial charge is 0.354 e. The molecule has 1 N–H and O–H groups in total. The fraction of sp³-hybridized carbons (Fsp3) is 0.391. The summed E-state index contributed by atoms with van der Waals surface area (Å²) in [6.45, 7) is 6.60. The third-order valence-electron chi connectivity index (χ3n) is 4.94. The van der Waals surface area contributed by atoms with Gasteiger partial charge in [0.2, 0.25) is 11.8 Å². The first-order valence-corrected chi connectivity index (χ1v) is 10.2. The summed E-state index contributed by atoms with van der Waals surface area (Å²) < 4.78 is 0. The minimum Gasteiger partial charge on any atom is -0.354 e. The number of carbonyl (C=O) groups excluding carboxylic acids is 2. The van der Waals surface area contributed by atoms with Gasteiger partial charge in [-0.25, -0.2) is 0 Å². The molecule has 0 saturated heterocycles. The second kappa shape index (κ2) is 11.1. The highest BCUT2D eigenvalue weighted by Crippen LogP contribution is 2.21. The van der Waals surface area contributed by atoms with Gasteiger partial charge in [-0.15, -0.1) is 0 Å². The molecule has 30 heavy (non-hydrogen) atoms. The van der Waals surface area contributed by atoms with Crippen LogP contribution in [0.1, 0.15) is 43.4 Å². The van der Waals surface area contributed by atoms with Crippen molar-refractivity contribution < 1.29 is 14.5 Å². The van der Waals surface area contributed by atoms with E-state index in [1.165, 1.54) is 11.0 Å². The standard InChI is InChI=1S/C23H29N3O4/c1-4-14-24-23(28)20(5-2)25(16-18-12-10-17(3)11-13-18)22(27)15-19-8-6-7-9-21(19)26(29)30/h6-13,20H,4-5,14-16H2,1-3H3,(H,24,28)/t20-/m0/s1. The van der Waals surface area contributed by atoms with Gasteiger partial charge >= 0.3 is 0 Å². The van der Waals surface area contributed by atoms with Crippen LogP contribution in [0, 0.1) is 17.0 Å². The molecule has 0 heterocycles. The molecule has 1 atom stereocenters. The molecule has 160 valence electrons. The van der Waals surface area contributed by atoms with E-state index in [-0.39, 0.29) is 30.5 Å². The Bertz CT molecular complexity index is 880. The van der Waals surface area contributed by atoms with Crippen LogP contribution in [0.5, 0.6) is 0 Å². The van der Waals surface area contributed by atoms with Crippen LogP contribution in [0.15, 0.2) is 48.5 Å². The Hall–Kier alpha value is -3.22. The van der Waals surface area contributed by atoms with Gasteiger partial charge in [0.05, 0.1) is 11.3 Å². The van der Waals surface area contributed by atoms with E-state index in [9.17, 15) is 19.7 Å². The Balaban J connectivity index is 2.33. The van der Waals surface area contributed by atoms with Crippen molar-refractivity contribution in [3.05, 3.63) is 75.3 Å². The second-order valence-corrected chi connectivity index (χ2v) is 7.28. The summed E-state index contributed by atoms with van der Waals surface area (Å²) in [7, 11) is 0. The third-order valence-corrected chi connectivity index (χ3v) is 4.94. The number of carbonyl (C=O) groups is 2. The number of benzene rings is 2. The number of nitrogens with one attached hydrogen (secondary N) is 1. The van der Waals surface area contributed by atoms with E-state index in [4.69, 9.17) is 0 Å². The topological polar surface area (TPSA) is 92.6 Å². The first-order chi connectivity index (χ1) is 14.4. The highest BCUT2D eigenvalue weighted by Gasteiger charge is 2.29. The van der Waals surface area contributed by atoms with E-state index >= 15 is 0 Å². The molecular formula is C23H29N3O4. The molecule has 2 aromatic rings. The Labute approximate surface area is 177 Å². The van der Waals surface area contributed by atoms with Gasteiger partial charge in [-0.3, -0.25) is 19.7 Å². The van der Waals surface area contributed by atoms with Crippen molar-refractivity contribution in [3.8, 4) is 0 Å². The van der Waals surface area contributed by atoms with Crippen LogP contribution in [-0.4, -0.2) is 34.2 Å². The lowest BCUT2D eigenvalue weighted by atomic mass is 10.0. The predicted octanol–water partition coefficient (Wildman–Crippen LogP) is 3.78. The van der Waals surface area contributed by atoms with E-state index in [0.717, 1.165) is 17.5 Å². The smallest absolute Gasteiger partial charge is 0.273 e. The molecule has 0 radical (unpaired) electrons. The van der Waals surface area contributed by atoms with Crippen molar-refractivity contribution >= 4 is 17.5 Å². The van der Waals surface area contributed by atoms with Gasteiger partial charge in [-0.1, -0.05) is 61.9 Å². The molecular weight excluding hydrogens is 382 g/mol. The number of rotatable bonds is 10. The zero-order chi connectivity index (χ0) is 22.1. The monoisotopic (exact) mass is 411 g/mol. The van der Waals surface area contributed by atoms with E-state index in [1.54, 1.807) is 18.2 Å². The van der Waals surface area contributed by atoms with Gasteiger partial charge in [-0.2, -0.15) is 0 Å². The van der Waals surface area contributed by atoms with Crippen LogP contribution < -0.4 is 5.32 Å². The van der Waals surface area contributed by atoms with Crippen LogP contribution in [-0.2, 0) is 22.6 Å². The van der Waals surface area contributed by atoms with Crippen LogP contribution in [0.2, 0.25) is 0 Å². The van der Waals surface area contributed by atoms with Gasteiger partial charge < -0.3 is 10.2 Å². The normalized spacial score (nSPS) is 11.6. The number of para-hydroxylation sites is 1. The summed E-state index contributed by atoms with van der Waals surface area (Å²) in [6, 6.07) is 13.3. The fourth-order valence-electron chi connectivity index (χ4n) is 3.28. The van der Waals surface area contributed by atoms with Gasteiger partial charge in [0, 0.05) is 24.7 Å². The van der Waals surface area contributed by atoms with Crippen molar-refractivity contribution in [2.75, 3.05) is 6.54 Å². The number of nitro groups is 1. The summed E-state index contributed by atoms with van der Waals surface area (Å²) in [5.41, 5.74) is 2.25. The highest BCUT2D eigenvalue weighted by molar-refractivity contribution is 5.88. The quantitative estimate of drug-likeness (QED) is 0.476. The number of amides is 2. The minimum absolute atomic E-state index is 0.0929. The first-order valence-electron chi connectivity index (χ1n) is 10.2. The number of hydrogen-bond acceptors (Lipinski definition) is 4. The van der Waals surface area contributed by atoms with E-state index in [2.05, 4.69) is 5.32 Å². The second-order valence-electron chi connectivity index (χ2n) is 7.28. The number of hydrogen-bond donors (Lipinski definition) is 1. The Morgan fingerprint density at radius 3 is 2.37 bits per heavy atom. The first kappa shape index (κ1) is 23.1. The molecule has 2 aromatic carbocycles. The van der Waals surface area contributed by atoms with E-state index < -0.39 is 11.0 Å². The summed E-state index contributed by atoms with van der Waals surface area (Å²) in [5, 5.41) is 14.2. The van der Waals surface area contributed by atoms with E-state index in [1.807, 2.05) is 45.0 Å². The SMILES string of the molecule is CCCNC(=O)[C@H](CC)N(Cc1ccc(C)cc1)C(=O)Cc1ccccc1[N+](=O)[O-]. The summed E-state index contributed by atoms with van der Waals surface area (Å²) >= 11 is 0. The molecule has 0 spiro atoms. The molecule has 0 saturated carbocycles. The molecule has 0 bridgehead atoms. The summed E-state index contributed by atoms with van der Waals surface area (Å²) in [6.07, 6.45) is 1.11. The maximum atomic E-state index is 13.3. The van der Waals surface area contributed by atoms with Crippen molar-refractivity contribution in [2.45, 2.75) is 52.6 Å². The Kier molecular flexibility index (Phi) is 8.53. The average Bonchev–Trinajstić information content (AvgIpc) is 2.73. The molecule has 2 amide bonds. The number of nitrogens with zero attached hydrogens (tertiary/aromatic N) is 2. The zero-order valence-corrected chi connectivity index (χ0v) is 17.8. The lowest BCUT2D eigenvalue weighted by Gasteiger charge is -2.30. The fourth-order valence-corrected chi connectivity index (χ4v) is 3.28. The summed E-state index contributed by atoms with van der Waals surface area (Å²) in [4.78, 5) is 38.4. The van der Waals surface area contributed by atoms with Gasteiger partial charge in [-0.05, 0) is 25.3 Å². The molecule has 0 aliphatic rings.